The molecular formula is C12H16ClNOS. The summed E-state index contributed by atoms with van der Waals surface area (Å²) >= 11 is 11.0. The average Bonchev–Trinajstić information content (AvgIpc) is 2.19. The highest BCUT2D eigenvalue weighted by Gasteiger charge is 2.22. The first-order valence-corrected chi connectivity index (χ1v) is 5.80. The van der Waals surface area contributed by atoms with E-state index in [0.29, 0.717) is 22.4 Å². The number of nitrogens with two attached hydrogens (primary N) is 1. The van der Waals surface area contributed by atoms with Crippen LogP contribution in [0, 0.1) is 12.3 Å². The summed E-state index contributed by atoms with van der Waals surface area (Å²) in [5.41, 5.74) is 6.39. The Bertz CT molecular complexity index is 404. The van der Waals surface area contributed by atoms with Crippen molar-refractivity contribution in [2.75, 3.05) is 6.61 Å². The van der Waals surface area contributed by atoms with Crippen molar-refractivity contribution in [3.8, 4) is 5.75 Å². The summed E-state index contributed by atoms with van der Waals surface area (Å²) in [5.74, 6) is 0.672. The normalized spacial score (nSPS) is 11.2. The zero-order chi connectivity index (χ0) is 12.3. The molecule has 0 aliphatic carbocycles. The van der Waals surface area contributed by atoms with Crippen molar-refractivity contribution >= 4 is 28.8 Å². The predicted octanol–water partition coefficient (Wildman–Crippen LogP) is 3.34. The summed E-state index contributed by atoms with van der Waals surface area (Å²) in [6.07, 6.45) is 0. The summed E-state index contributed by atoms with van der Waals surface area (Å²) in [6.45, 7) is 6.30. The van der Waals surface area contributed by atoms with Gasteiger partial charge in [-0.1, -0.05) is 43.7 Å². The van der Waals surface area contributed by atoms with Crippen molar-refractivity contribution < 1.29 is 4.74 Å². The second kappa shape index (κ2) is 5.02. The number of ether oxygens (including phenoxy) is 1. The van der Waals surface area contributed by atoms with Crippen LogP contribution in [0.3, 0.4) is 0 Å². The fraction of sp³-hybridized carbons (Fsp3) is 0.417. The first kappa shape index (κ1) is 13.3. The highest BCUT2D eigenvalue weighted by Crippen LogP contribution is 2.27. The first-order valence-electron chi connectivity index (χ1n) is 5.02. The average molecular weight is 258 g/mol. The zero-order valence-corrected chi connectivity index (χ0v) is 11.3. The largest absolute Gasteiger partial charge is 0.491 e. The smallest absolute Gasteiger partial charge is 0.138 e. The zero-order valence-electron chi connectivity index (χ0n) is 9.71. The Kier molecular flexibility index (Phi) is 4.16. The van der Waals surface area contributed by atoms with Gasteiger partial charge in [0.25, 0.3) is 0 Å². The summed E-state index contributed by atoms with van der Waals surface area (Å²) in [6, 6.07) is 5.66. The van der Waals surface area contributed by atoms with Gasteiger partial charge in [0.05, 0.1) is 16.6 Å². The van der Waals surface area contributed by atoms with Crippen LogP contribution in [0.2, 0.25) is 5.02 Å². The van der Waals surface area contributed by atoms with Crippen molar-refractivity contribution in [3.05, 3.63) is 28.8 Å². The Morgan fingerprint density at radius 3 is 2.69 bits per heavy atom. The van der Waals surface area contributed by atoms with Crippen molar-refractivity contribution in [1.29, 1.82) is 0 Å². The standard InChI is InChI=1S/C12H16ClNOS/c1-8-4-5-9(13)10(6-8)15-7-12(2,3)11(14)16/h4-6H,7H2,1-3H3,(H2,14,16). The van der Waals surface area contributed by atoms with Gasteiger partial charge in [-0.05, 0) is 24.6 Å². The van der Waals surface area contributed by atoms with E-state index in [2.05, 4.69) is 0 Å². The van der Waals surface area contributed by atoms with Gasteiger partial charge in [-0.2, -0.15) is 0 Å². The lowest BCUT2D eigenvalue weighted by Gasteiger charge is -2.23. The number of thiocarbonyl (C=S) groups is 1. The number of benzene rings is 1. The van der Waals surface area contributed by atoms with Crippen LogP contribution in [0.5, 0.6) is 5.75 Å². The van der Waals surface area contributed by atoms with E-state index in [1.807, 2.05) is 39.0 Å². The molecule has 0 saturated heterocycles. The minimum atomic E-state index is -0.331. The molecule has 0 aliphatic rings. The molecule has 0 amide bonds. The number of hydrogen-bond donors (Lipinski definition) is 1. The molecule has 16 heavy (non-hydrogen) atoms. The van der Waals surface area contributed by atoms with Gasteiger partial charge in [0.15, 0.2) is 0 Å². The third kappa shape index (κ3) is 3.35. The van der Waals surface area contributed by atoms with Gasteiger partial charge in [-0.15, -0.1) is 0 Å². The monoisotopic (exact) mass is 257 g/mol. The molecule has 1 rings (SSSR count). The second-order valence-electron chi connectivity index (χ2n) is 4.47. The molecule has 0 atom stereocenters. The Morgan fingerprint density at radius 2 is 2.12 bits per heavy atom. The Hall–Kier alpha value is -0.800. The first-order chi connectivity index (χ1) is 7.33. The SMILES string of the molecule is Cc1ccc(Cl)c(OCC(C)(C)C(N)=S)c1. The van der Waals surface area contributed by atoms with Gasteiger partial charge < -0.3 is 10.5 Å². The van der Waals surface area contributed by atoms with E-state index in [1.54, 1.807) is 0 Å². The summed E-state index contributed by atoms with van der Waals surface area (Å²) < 4.78 is 5.64. The molecule has 4 heteroatoms. The Labute approximate surface area is 107 Å². The van der Waals surface area contributed by atoms with Gasteiger partial charge >= 0.3 is 0 Å². The lowest BCUT2D eigenvalue weighted by atomic mass is 9.95. The lowest BCUT2D eigenvalue weighted by molar-refractivity contribution is 0.236. The summed E-state index contributed by atoms with van der Waals surface area (Å²) in [7, 11) is 0. The number of hydrogen-bond acceptors (Lipinski definition) is 2. The molecule has 0 radical (unpaired) electrons. The van der Waals surface area contributed by atoms with E-state index >= 15 is 0 Å². The van der Waals surface area contributed by atoms with Crippen molar-refractivity contribution in [2.24, 2.45) is 11.1 Å². The molecule has 0 aliphatic heterocycles. The van der Waals surface area contributed by atoms with Crippen molar-refractivity contribution in [2.45, 2.75) is 20.8 Å². The fourth-order valence-corrected chi connectivity index (χ4v) is 1.28. The molecule has 1 aromatic rings. The van der Waals surface area contributed by atoms with E-state index in [1.165, 1.54) is 0 Å². The number of halogens is 1. The molecule has 0 aromatic heterocycles. The molecule has 0 fully saturated rings. The molecule has 0 spiro atoms. The molecule has 2 N–H and O–H groups in total. The summed E-state index contributed by atoms with van der Waals surface area (Å²) in [4.78, 5) is 0.441. The van der Waals surface area contributed by atoms with E-state index in [0.717, 1.165) is 5.56 Å². The van der Waals surface area contributed by atoms with E-state index in [9.17, 15) is 0 Å². The van der Waals surface area contributed by atoms with Gasteiger partial charge in [-0.25, -0.2) is 0 Å². The lowest BCUT2D eigenvalue weighted by Crippen LogP contribution is -2.35. The predicted molar refractivity (Wildman–Crippen MR) is 72.3 cm³/mol. The van der Waals surface area contributed by atoms with Crippen molar-refractivity contribution in [1.82, 2.24) is 0 Å². The fourth-order valence-electron chi connectivity index (χ4n) is 1.05. The summed E-state index contributed by atoms with van der Waals surface area (Å²) in [5, 5.41) is 0.601. The van der Waals surface area contributed by atoms with Crippen LogP contribution in [0.1, 0.15) is 19.4 Å². The van der Waals surface area contributed by atoms with Crippen LogP contribution >= 0.6 is 23.8 Å². The van der Waals surface area contributed by atoms with Crippen molar-refractivity contribution in [3.63, 3.8) is 0 Å². The van der Waals surface area contributed by atoms with Crippen LogP contribution in [0.25, 0.3) is 0 Å². The molecule has 0 unspecified atom stereocenters. The molecule has 2 nitrogen and oxygen atoms in total. The van der Waals surface area contributed by atoms with Gasteiger partial charge in [-0.3, -0.25) is 0 Å². The van der Waals surface area contributed by atoms with E-state index < -0.39 is 0 Å². The van der Waals surface area contributed by atoms with Crippen LogP contribution in [0.4, 0.5) is 0 Å². The van der Waals surface area contributed by atoms with Gasteiger partial charge in [0.2, 0.25) is 0 Å². The minimum absolute atomic E-state index is 0.331. The molecule has 0 saturated carbocycles. The molecule has 88 valence electrons. The molecule has 1 aromatic carbocycles. The molecule has 0 bridgehead atoms. The third-order valence-electron chi connectivity index (χ3n) is 2.34. The Balaban J connectivity index is 2.75. The topological polar surface area (TPSA) is 35.2 Å². The van der Waals surface area contributed by atoms with E-state index in [-0.39, 0.29) is 5.41 Å². The number of aryl methyl sites for hydroxylation is 1. The highest BCUT2D eigenvalue weighted by molar-refractivity contribution is 7.80. The van der Waals surface area contributed by atoms with Gasteiger partial charge in [0.1, 0.15) is 5.75 Å². The van der Waals surface area contributed by atoms with Crippen LogP contribution < -0.4 is 10.5 Å². The second-order valence-corrected chi connectivity index (χ2v) is 5.32. The van der Waals surface area contributed by atoms with Gasteiger partial charge in [0, 0.05) is 5.41 Å². The third-order valence-corrected chi connectivity index (χ3v) is 3.21. The van der Waals surface area contributed by atoms with Crippen LogP contribution in [-0.2, 0) is 0 Å². The quantitative estimate of drug-likeness (QED) is 0.841. The maximum absolute atomic E-state index is 6.02. The minimum Gasteiger partial charge on any atom is -0.491 e. The van der Waals surface area contributed by atoms with E-state index in [4.69, 9.17) is 34.3 Å². The highest BCUT2D eigenvalue weighted by atomic mass is 35.5. The Morgan fingerprint density at radius 1 is 1.50 bits per heavy atom. The maximum Gasteiger partial charge on any atom is 0.138 e. The van der Waals surface area contributed by atoms with Crippen LogP contribution in [0.15, 0.2) is 18.2 Å². The molecular weight excluding hydrogens is 242 g/mol. The van der Waals surface area contributed by atoms with Crippen LogP contribution in [-0.4, -0.2) is 11.6 Å². The number of rotatable bonds is 4. The maximum atomic E-state index is 6.02. The molecule has 0 heterocycles.